The summed E-state index contributed by atoms with van der Waals surface area (Å²) < 4.78 is 12.0. The van der Waals surface area contributed by atoms with Crippen LogP contribution in [0.5, 0.6) is 5.75 Å². The van der Waals surface area contributed by atoms with E-state index in [1.165, 1.54) is 6.33 Å². The molecular weight excluding hydrogens is 434 g/mol. The van der Waals surface area contributed by atoms with Crippen LogP contribution in [0.15, 0.2) is 36.9 Å². The molecule has 184 valence electrons. The fourth-order valence-electron chi connectivity index (χ4n) is 4.05. The Bertz CT molecular complexity index is 971. The zero-order chi connectivity index (χ0) is 24.7. The summed E-state index contributed by atoms with van der Waals surface area (Å²) in [5.41, 5.74) is 2.00. The van der Waals surface area contributed by atoms with Gasteiger partial charge in [0.2, 0.25) is 5.91 Å². The molecule has 9 nitrogen and oxygen atoms in total. The second kappa shape index (κ2) is 11.9. The first-order chi connectivity index (χ1) is 16.3. The van der Waals surface area contributed by atoms with Crippen molar-refractivity contribution < 1.29 is 19.1 Å². The van der Waals surface area contributed by atoms with Gasteiger partial charge in [0.25, 0.3) is 5.91 Å². The SMILES string of the molecule is CCC(=O)Nc1ccc2c(c1)C(=O)N(C)C[C@@H](OC)[C@@H](C)CN(Cc1cncnc1)[C@H](C)CO2. The molecule has 3 atom stereocenters. The Labute approximate surface area is 201 Å². The van der Waals surface area contributed by atoms with Gasteiger partial charge >= 0.3 is 0 Å². The highest BCUT2D eigenvalue weighted by Gasteiger charge is 2.28. The summed E-state index contributed by atoms with van der Waals surface area (Å²) in [7, 11) is 3.44. The van der Waals surface area contributed by atoms with Gasteiger partial charge in [-0.15, -0.1) is 0 Å². The second-order valence-electron chi connectivity index (χ2n) is 8.89. The minimum absolute atomic E-state index is 0.0553. The van der Waals surface area contributed by atoms with Crippen molar-refractivity contribution in [1.29, 1.82) is 0 Å². The van der Waals surface area contributed by atoms with E-state index in [2.05, 4.69) is 34.0 Å². The van der Waals surface area contributed by atoms with E-state index >= 15 is 0 Å². The molecule has 3 rings (SSSR count). The highest BCUT2D eigenvalue weighted by molar-refractivity contribution is 5.99. The first-order valence-corrected chi connectivity index (χ1v) is 11.6. The van der Waals surface area contributed by atoms with E-state index in [-0.39, 0.29) is 29.9 Å². The van der Waals surface area contributed by atoms with Gasteiger partial charge in [0, 0.05) is 69.9 Å². The Kier molecular flexibility index (Phi) is 8.95. The van der Waals surface area contributed by atoms with Gasteiger partial charge in [0.05, 0.1) is 11.7 Å². The molecule has 2 amide bonds. The lowest BCUT2D eigenvalue weighted by atomic mass is 10.0. The number of rotatable bonds is 5. The third-order valence-electron chi connectivity index (χ3n) is 6.18. The molecule has 1 aliphatic rings. The molecule has 34 heavy (non-hydrogen) atoms. The number of methoxy groups -OCH3 is 1. The Balaban J connectivity index is 1.93. The summed E-state index contributed by atoms with van der Waals surface area (Å²) in [5, 5.41) is 2.82. The number of hydrogen-bond donors (Lipinski definition) is 1. The van der Waals surface area contributed by atoms with Crippen LogP contribution in [0.4, 0.5) is 5.69 Å². The molecule has 0 bridgehead atoms. The Hall–Kier alpha value is -3.04. The number of fused-ring (bicyclic) bond motifs is 1. The van der Waals surface area contributed by atoms with Gasteiger partial charge in [0.15, 0.2) is 0 Å². The maximum absolute atomic E-state index is 13.4. The van der Waals surface area contributed by atoms with Gasteiger partial charge in [-0.1, -0.05) is 13.8 Å². The molecule has 1 aromatic carbocycles. The molecule has 1 aliphatic heterocycles. The number of nitrogens with one attached hydrogen (secondary N) is 1. The summed E-state index contributed by atoms with van der Waals surface area (Å²) >= 11 is 0. The summed E-state index contributed by atoms with van der Waals surface area (Å²) in [6.07, 6.45) is 5.37. The molecule has 0 saturated carbocycles. The van der Waals surface area contributed by atoms with Crippen LogP contribution in [0.3, 0.4) is 0 Å². The van der Waals surface area contributed by atoms with Crippen LogP contribution in [0, 0.1) is 5.92 Å². The Morgan fingerprint density at radius 1 is 1.24 bits per heavy atom. The number of ether oxygens (including phenoxy) is 2. The lowest BCUT2D eigenvalue weighted by molar-refractivity contribution is -0.115. The standard InChI is InChI=1S/C25H35N5O4/c1-6-24(31)28-20-7-8-22-21(9-20)25(32)29(4)14-23(33-5)17(2)12-30(18(3)15-34-22)13-19-10-26-16-27-11-19/h7-11,16-18,23H,6,12-15H2,1-5H3,(H,28,31)/t17-,18+,23+/m0/s1. The summed E-state index contributed by atoms with van der Waals surface area (Å²) in [6.45, 7) is 8.28. The van der Waals surface area contributed by atoms with Gasteiger partial charge in [0.1, 0.15) is 18.7 Å². The topological polar surface area (TPSA) is 96.9 Å². The average Bonchev–Trinajstić information content (AvgIpc) is 2.85. The molecule has 2 heterocycles. The zero-order valence-corrected chi connectivity index (χ0v) is 20.7. The molecule has 0 fully saturated rings. The Morgan fingerprint density at radius 3 is 2.65 bits per heavy atom. The van der Waals surface area contributed by atoms with Crippen molar-refractivity contribution in [2.45, 2.75) is 45.9 Å². The average molecular weight is 470 g/mol. The quantitative estimate of drug-likeness (QED) is 0.719. The molecule has 9 heteroatoms. The van der Waals surface area contributed by atoms with Crippen molar-refractivity contribution in [3.63, 3.8) is 0 Å². The molecule has 1 N–H and O–H groups in total. The van der Waals surface area contributed by atoms with E-state index in [0.29, 0.717) is 43.1 Å². The maximum atomic E-state index is 13.4. The van der Waals surface area contributed by atoms with Crippen LogP contribution in [0.25, 0.3) is 0 Å². The minimum atomic E-state index is -0.177. The highest BCUT2D eigenvalue weighted by atomic mass is 16.5. The molecule has 0 saturated heterocycles. The predicted molar refractivity (Wildman–Crippen MR) is 130 cm³/mol. The number of carbonyl (C=O) groups excluding carboxylic acids is 2. The van der Waals surface area contributed by atoms with E-state index in [4.69, 9.17) is 9.47 Å². The van der Waals surface area contributed by atoms with Crippen LogP contribution < -0.4 is 10.1 Å². The van der Waals surface area contributed by atoms with Crippen LogP contribution >= 0.6 is 0 Å². The first kappa shape index (κ1) is 25.6. The zero-order valence-electron chi connectivity index (χ0n) is 20.7. The van der Waals surface area contributed by atoms with E-state index in [0.717, 1.165) is 12.1 Å². The lowest BCUT2D eigenvalue weighted by Gasteiger charge is -2.36. The van der Waals surface area contributed by atoms with E-state index < -0.39 is 0 Å². The van der Waals surface area contributed by atoms with Gasteiger partial charge < -0.3 is 19.7 Å². The van der Waals surface area contributed by atoms with E-state index in [1.54, 1.807) is 44.2 Å². The lowest BCUT2D eigenvalue weighted by Crippen LogP contribution is -2.46. The number of aromatic nitrogens is 2. The number of nitrogens with zero attached hydrogens (tertiary/aromatic N) is 4. The van der Waals surface area contributed by atoms with Crippen molar-refractivity contribution in [3.05, 3.63) is 48.0 Å². The maximum Gasteiger partial charge on any atom is 0.257 e. The fraction of sp³-hybridized carbons (Fsp3) is 0.520. The first-order valence-electron chi connectivity index (χ1n) is 11.6. The van der Waals surface area contributed by atoms with Crippen molar-refractivity contribution in [1.82, 2.24) is 19.8 Å². The van der Waals surface area contributed by atoms with Crippen LogP contribution in [-0.2, 0) is 16.1 Å². The molecule has 2 aromatic rings. The van der Waals surface area contributed by atoms with E-state index in [1.807, 2.05) is 12.4 Å². The van der Waals surface area contributed by atoms with Gasteiger partial charge in [-0.05, 0) is 31.0 Å². The molecule has 1 aromatic heterocycles. The number of likely N-dealkylation sites (N-methyl/N-ethyl adjacent to an activating group) is 1. The van der Waals surface area contributed by atoms with Crippen LogP contribution in [-0.4, -0.2) is 77.6 Å². The monoisotopic (exact) mass is 469 g/mol. The number of carbonyl (C=O) groups is 2. The summed E-state index contributed by atoms with van der Waals surface area (Å²) in [5.74, 6) is 0.353. The summed E-state index contributed by atoms with van der Waals surface area (Å²) in [6, 6.07) is 5.24. The molecular formula is C25H35N5O4. The minimum Gasteiger partial charge on any atom is -0.491 e. The van der Waals surface area contributed by atoms with Crippen molar-refractivity contribution in [2.75, 3.05) is 39.2 Å². The largest absolute Gasteiger partial charge is 0.491 e. The smallest absolute Gasteiger partial charge is 0.257 e. The summed E-state index contributed by atoms with van der Waals surface area (Å²) in [4.78, 5) is 37.5. The molecule has 0 radical (unpaired) electrons. The second-order valence-corrected chi connectivity index (χ2v) is 8.89. The molecule has 0 aliphatic carbocycles. The normalized spacial score (nSPS) is 22.2. The number of amides is 2. The number of hydrogen-bond acceptors (Lipinski definition) is 7. The van der Waals surface area contributed by atoms with E-state index in [9.17, 15) is 9.59 Å². The van der Waals surface area contributed by atoms with Crippen molar-refractivity contribution >= 4 is 17.5 Å². The van der Waals surface area contributed by atoms with Gasteiger partial charge in [-0.2, -0.15) is 0 Å². The van der Waals surface area contributed by atoms with Gasteiger partial charge in [-0.3, -0.25) is 14.5 Å². The highest BCUT2D eigenvalue weighted by Crippen LogP contribution is 2.27. The molecule has 0 unspecified atom stereocenters. The van der Waals surface area contributed by atoms with Crippen molar-refractivity contribution in [2.24, 2.45) is 5.92 Å². The number of benzene rings is 1. The van der Waals surface area contributed by atoms with Gasteiger partial charge in [-0.25, -0.2) is 9.97 Å². The van der Waals surface area contributed by atoms with Crippen LogP contribution in [0.2, 0.25) is 0 Å². The third kappa shape index (κ3) is 6.51. The van der Waals surface area contributed by atoms with Crippen LogP contribution in [0.1, 0.15) is 43.1 Å². The third-order valence-corrected chi connectivity index (χ3v) is 6.18. The predicted octanol–water partition coefficient (Wildman–Crippen LogP) is 2.83. The Morgan fingerprint density at radius 2 is 1.97 bits per heavy atom. The number of anilines is 1. The molecule has 0 spiro atoms. The van der Waals surface area contributed by atoms with Crippen molar-refractivity contribution in [3.8, 4) is 5.75 Å². The fourth-order valence-corrected chi connectivity index (χ4v) is 4.05.